The van der Waals surface area contributed by atoms with Gasteiger partial charge in [-0.3, -0.25) is 4.90 Å². The summed E-state index contributed by atoms with van der Waals surface area (Å²) < 4.78 is 2.03. The molecule has 1 atom stereocenters. The zero-order chi connectivity index (χ0) is 18.7. The molecule has 1 saturated heterocycles. The maximum atomic E-state index is 12.6. The molecule has 1 aromatic rings. The molecule has 146 valence electrons. The molecule has 0 radical (unpaired) electrons. The molecule has 8 heteroatoms. The van der Waals surface area contributed by atoms with Gasteiger partial charge in [0.15, 0.2) is 5.82 Å². The first-order valence-corrected chi connectivity index (χ1v) is 9.92. The molecule has 2 fully saturated rings. The topological polar surface area (TPSA) is 79.2 Å². The highest BCUT2D eigenvalue weighted by atomic mass is 16.2. The molecule has 0 aromatic carbocycles. The highest BCUT2D eigenvalue weighted by Gasteiger charge is 2.48. The van der Waals surface area contributed by atoms with E-state index in [0.29, 0.717) is 18.5 Å². The highest BCUT2D eigenvalue weighted by molar-refractivity contribution is 5.74. The third kappa shape index (κ3) is 3.70. The molecule has 2 amide bonds. The van der Waals surface area contributed by atoms with E-state index in [0.717, 1.165) is 44.6 Å². The fourth-order valence-corrected chi connectivity index (χ4v) is 4.19. The number of tetrazole rings is 1. The van der Waals surface area contributed by atoms with Crippen molar-refractivity contribution in [3.63, 3.8) is 0 Å². The summed E-state index contributed by atoms with van der Waals surface area (Å²) in [4.78, 5) is 16.7. The average molecular weight is 364 g/mol. The normalized spacial score (nSPS) is 24.2. The van der Waals surface area contributed by atoms with Crippen LogP contribution < -0.4 is 5.32 Å². The SMILES string of the molecule is CC(C)CCNC(=O)N1CCC(c2nnnn2C2CCCC2)(N(C)C)C1. The lowest BCUT2D eigenvalue weighted by Crippen LogP contribution is -2.48. The Bertz CT molecular complexity index is 608. The predicted octanol–water partition coefficient (Wildman–Crippen LogP) is 2.01. The molecule has 1 aromatic heterocycles. The molecule has 0 bridgehead atoms. The molecule has 1 unspecified atom stereocenters. The third-order valence-corrected chi connectivity index (χ3v) is 5.97. The van der Waals surface area contributed by atoms with E-state index in [-0.39, 0.29) is 11.6 Å². The summed E-state index contributed by atoms with van der Waals surface area (Å²) in [5.74, 6) is 1.50. The van der Waals surface area contributed by atoms with Gasteiger partial charge < -0.3 is 10.2 Å². The first-order valence-electron chi connectivity index (χ1n) is 9.92. The zero-order valence-electron chi connectivity index (χ0n) is 16.6. The summed E-state index contributed by atoms with van der Waals surface area (Å²) in [6.45, 7) is 6.41. The van der Waals surface area contributed by atoms with Gasteiger partial charge in [0.1, 0.15) is 5.54 Å². The number of hydrogen-bond donors (Lipinski definition) is 1. The summed E-state index contributed by atoms with van der Waals surface area (Å²) in [5.41, 5.74) is -0.318. The van der Waals surface area contributed by atoms with E-state index < -0.39 is 0 Å². The Morgan fingerprint density at radius 1 is 1.35 bits per heavy atom. The van der Waals surface area contributed by atoms with E-state index in [4.69, 9.17) is 0 Å². The van der Waals surface area contributed by atoms with Gasteiger partial charge in [0, 0.05) is 19.6 Å². The molecule has 1 aliphatic heterocycles. The van der Waals surface area contributed by atoms with Crippen LogP contribution in [0.25, 0.3) is 0 Å². The fraction of sp³-hybridized carbons (Fsp3) is 0.889. The Kier molecular flexibility index (Phi) is 5.79. The molecule has 1 saturated carbocycles. The van der Waals surface area contributed by atoms with E-state index in [1.807, 2.05) is 9.58 Å². The lowest BCUT2D eigenvalue weighted by molar-refractivity contribution is 0.135. The number of aromatic nitrogens is 4. The van der Waals surface area contributed by atoms with Crippen LogP contribution in [-0.2, 0) is 5.54 Å². The van der Waals surface area contributed by atoms with Gasteiger partial charge in [-0.05, 0) is 56.1 Å². The van der Waals surface area contributed by atoms with Gasteiger partial charge in [0.25, 0.3) is 0 Å². The maximum Gasteiger partial charge on any atom is 0.317 e. The van der Waals surface area contributed by atoms with E-state index in [2.05, 4.69) is 53.7 Å². The number of rotatable bonds is 6. The van der Waals surface area contributed by atoms with Crippen molar-refractivity contribution in [2.24, 2.45) is 5.92 Å². The van der Waals surface area contributed by atoms with Gasteiger partial charge in [-0.15, -0.1) is 5.10 Å². The fourth-order valence-electron chi connectivity index (χ4n) is 4.19. The van der Waals surface area contributed by atoms with Crippen molar-refractivity contribution < 1.29 is 4.79 Å². The standard InChI is InChI=1S/C18H33N7O/c1-14(2)9-11-19-17(26)24-12-10-18(13-24,23(3)4)16-20-21-22-25(16)15-7-5-6-8-15/h14-15H,5-13H2,1-4H3,(H,19,26). The van der Waals surface area contributed by atoms with Crippen molar-refractivity contribution in [2.75, 3.05) is 33.7 Å². The van der Waals surface area contributed by atoms with E-state index >= 15 is 0 Å². The second-order valence-corrected chi connectivity index (χ2v) is 8.40. The largest absolute Gasteiger partial charge is 0.338 e. The van der Waals surface area contributed by atoms with Gasteiger partial charge in [0.05, 0.1) is 6.04 Å². The minimum absolute atomic E-state index is 0.0225. The molecular formula is C18H33N7O. The van der Waals surface area contributed by atoms with Gasteiger partial charge in [-0.1, -0.05) is 26.7 Å². The second kappa shape index (κ2) is 7.90. The first-order chi connectivity index (χ1) is 12.4. The van der Waals surface area contributed by atoms with Gasteiger partial charge in [0.2, 0.25) is 0 Å². The monoisotopic (exact) mass is 363 g/mol. The molecule has 2 aliphatic rings. The summed E-state index contributed by atoms with van der Waals surface area (Å²) in [6.07, 6.45) is 6.61. The van der Waals surface area contributed by atoms with Crippen molar-refractivity contribution in [3.05, 3.63) is 5.82 Å². The average Bonchev–Trinajstić information content (AvgIpc) is 3.33. The van der Waals surface area contributed by atoms with Crippen molar-refractivity contribution in [1.29, 1.82) is 0 Å². The van der Waals surface area contributed by atoms with Crippen molar-refractivity contribution in [2.45, 2.75) is 64.0 Å². The van der Waals surface area contributed by atoms with Crippen LogP contribution in [0, 0.1) is 5.92 Å². The number of likely N-dealkylation sites (tertiary alicyclic amines) is 1. The quantitative estimate of drug-likeness (QED) is 0.836. The van der Waals surface area contributed by atoms with Gasteiger partial charge >= 0.3 is 6.03 Å². The number of nitrogens with one attached hydrogen (secondary N) is 1. The number of carbonyl (C=O) groups is 1. The number of carbonyl (C=O) groups excluding carboxylic acids is 1. The molecule has 8 nitrogen and oxygen atoms in total. The van der Waals surface area contributed by atoms with Crippen LogP contribution in [0.1, 0.15) is 64.2 Å². The second-order valence-electron chi connectivity index (χ2n) is 8.40. The van der Waals surface area contributed by atoms with Crippen LogP contribution in [0.3, 0.4) is 0 Å². The maximum absolute atomic E-state index is 12.6. The Hall–Kier alpha value is -1.70. The number of hydrogen-bond acceptors (Lipinski definition) is 5. The molecule has 1 aliphatic carbocycles. The van der Waals surface area contributed by atoms with E-state index in [1.165, 1.54) is 12.8 Å². The minimum Gasteiger partial charge on any atom is -0.338 e. The molecule has 26 heavy (non-hydrogen) atoms. The number of amides is 2. The lowest BCUT2D eigenvalue weighted by Gasteiger charge is -2.35. The predicted molar refractivity (Wildman–Crippen MR) is 99.7 cm³/mol. The van der Waals surface area contributed by atoms with Crippen LogP contribution >= 0.6 is 0 Å². The minimum atomic E-state index is -0.318. The summed E-state index contributed by atoms with van der Waals surface area (Å²) >= 11 is 0. The summed E-state index contributed by atoms with van der Waals surface area (Å²) in [7, 11) is 4.13. The van der Waals surface area contributed by atoms with Gasteiger partial charge in [-0.25, -0.2) is 9.48 Å². The number of urea groups is 1. The van der Waals surface area contributed by atoms with Crippen molar-refractivity contribution >= 4 is 6.03 Å². The van der Waals surface area contributed by atoms with Crippen LogP contribution in [0.2, 0.25) is 0 Å². The number of likely N-dealkylation sites (N-methyl/N-ethyl adjacent to an activating group) is 1. The van der Waals surface area contributed by atoms with Crippen LogP contribution in [-0.4, -0.2) is 69.8 Å². The van der Waals surface area contributed by atoms with Crippen molar-refractivity contribution in [1.82, 2.24) is 35.3 Å². The summed E-state index contributed by atoms with van der Waals surface area (Å²) in [5, 5.41) is 15.8. The van der Waals surface area contributed by atoms with Crippen LogP contribution in [0.5, 0.6) is 0 Å². The van der Waals surface area contributed by atoms with Crippen LogP contribution in [0.15, 0.2) is 0 Å². The Balaban J connectivity index is 1.74. The van der Waals surface area contributed by atoms with E-state index in [9.17, 15) is 4.79 Å². The Morgan fingerprint density at radius 2 is 2.08 bits per heavy atom. The Labute approximate surface area is 156 Å². The molecule has 3 rings (SSSR count). The van der Waals surface area contributed by atoms with E-state index in [1.54, 1.807) is 0 Å². The van der Waals surface area contributed by atoms with Crippen molar-refractivity contribution in [3.8, 4) is 0 Å². The third-order valence-electron chi connectivity index (χ3n) is 5.97. The molecule has 1 N–H and O–H groups in total. The molecule has 0 spiro atoms. The summed E-state index contributed by atoms with van der Waals surface area (Å²) in [6, 6.07) is 0.417. The molecular weight excluding hydrogens is 330 g/mol. The lowest BCUT2D eigenvalue weighted by atomic mass is 9.95. The van der Waals surface area contributed by atoms with Gasteiger partial charge in [-0.2, -0.15) is 0 Å². The molecule has 2 heterocycles. The smallest absolute Gasteiger partial charge is 0.317 e. The highest BCUT2D eigenvalue weighted by Crippen LogP contribution is 2.38. The first kappa shape index (κ1) is 19.1. The zero-order valence-corrected chi connectivity index (χ0v) is 16.6. The number of nitrogens with zero attached hydrogens (tertiary/aromatic N) is 6. The van der Waals surface area contributed by atoms with Crippen LogP contribution in [0.4, 0.5) is 4.79 Å². The Morgan fingerprint density at radius 3 is 2.73 bits per heavy atom.